The van der Waals surface area contributed by atoms with Gasteiger partial charge in [-0.25, -0.2) is 8.42 Å². The molecule has 0 spiro atoms. The Kier molecular flexibility index (Phi) is 3.10. The Bertz CT molecular complexity index is 161. The lowest BCUT2D eigenvalue weighted by molar-refractivity contribution is 0.198. The summed E-state index contributed by atoms with van der Waals surface area (Å²) in [7, 11) is -3.25. The van der Waals surface area contributed by atoms with Gasteiger partial charge >= 0.3 is 0 Å². The third-order valence-corrected chi connectivity index (χ3v) is 1.19. The maximum Gasteiger partial charge on any atom is 0.225 e. The largest absolute Gasteiger partial charge is 0.392 e. The van der Waals surface area contributed by atoms with E-state index in [0.29, 0.717) is 0 Å². The number of rotatable bonds is 3. The minimum atomic E-state index is -3.25. The summed E-state index contributed by atoms with van der Waals surface area (Å²) >= 11 is 0. The van der Waals surface area contributed by atoms with Gasteiger partial charge in [-0.1, -0.05) is 0 Å². The van der Waals surface area contributed by atoms with Crippen LogP contribution >= 0.6 is 0 Å². The van der Waals surface area contributed by atoms with Crippen LogP contribution in [0.25, 0.3) is 0 Å². The topological polar surface area (TPSA) is 68.5 Å². The second-order valence-corrected chi connectivity index (χ2v) is 3.62. The van der Waals surface area contributed by atoms with Crippen LogP contribution in [-0.4, -0.2) is 32.4 Å². The number of nitrogens with zero attached hydrogens (tertiary/aromatic N) is 1. The molecule has 0 aromatic heterocycles. The van der Waals surface area contributed by atoms with Gasteiger partial charge in [0.2, 0.25) is 10.0 Å². The summed E-state index contributed by atoms with van der Waals surface area (Å²) in [6, 6.07) is 0. The van der Waals surface area contributed by atoms with E-state index < -0.39 is 16.1 Å². The van der Waals surface area contributed by atoms with Gasteiger partial charge < -0.3 is 5.11 Å². The molecule has 0 heterocycles. The average Bonchev–Trinajstić information content (AvgIpc) is 1.59. The molecular weight excluding hydrogens is 142 g/mol. The van der Waals surface area contributed by atoms with Crippen LogP contribution in [0.5, 0.6) is 0 Å². The highest BCUT2D eigenvalue weighted by molar-refractivity contribution is 7.88. The molecule has 1 unspecified atom stereocenters. The average molecular weight is 152 g/mol. The van der Waals surface area contributed by atoms with E-state index >= 15 is 0 Å². The summed E-state index contributed by atoms with van der Waals surface area (Å²) < 4.78 is 23.7. The standard InChI is InChI=1S/C4H10NO3S/c1-4(6)3-5-9(2,7)8/h4,6H,3H2,1-2H3. The van der Waals surface area contributed by atoms with Gasteiger partial charge in [-0.2, -0.15) is 0 Å². The SMILES string of the molecule is CC(O)C[N]S(C)(=O)=O. The van der Waals surface area contributed by atoms with E-state index in [4.69, 9.17) is 5.11 Å². The van der Waals surface area contributed by atoms with E-state index in [1.54, 1.807) is 0 Å². The van der Waals surface area contributed by atoms with E-state index in [1.807, 2.05) is 0 Å². The molecule has 0 amide bonds. The molecule has 0 bridgehead atoms. The Balaban J connectivity index is 3.53. The molecule has 0 fully saturated rings. The molecule has 55 valence electrons. The summed E-state index contributed by atoms with van der Waals surface area (Å²) in [4.78, 5) is 0. The van der Waals surface area contributed by atoms with Gasteiger partial charge in [0.15, 0.2) is 0 Å². The minimum Gasteiger partial charge on any atom is -0.392 e. The Morgan fingerprint density at radius 1 is 1.67 bits per heavy atom. The highest BCUT2D eigenvalue weighted by Gasteiger charge is 2.03. The van der Waals surface area contributed by atoms with Crippen molar-refractivity contribution in [3.8, 4) is 0 Å². The van der Waals surface area contributed by atoms with Crippen molar-refractivity contribution in [1.29, 1.82) is 0 Å². The number of hydrogen-bond acceptors (Lipinski definition) is 3. The first-order valence-electron chi connectivity index (χ1n) is 2.48. The zero-order valence-corrected chi connectivity index (χ0v) is 6.22. The molecule has 4 nitrogen and oxygen atoms in total. The Hall–Kier alpha value is -0.130. The molecular formula is C4H10NO3S. The summed E-state index contributed by atoms with van der Waals surface area (Å²) in [6.07, 6.45) is 0.315. The minimum absolute atomic E-state index is 0.0428. The van der Waals surface area contributed by atoms with Crippen LogP contribution in [0.15, 0.2) is 0 Å². The summed E-state index contributed by atoms with van der Waals surface area (Å²) in [5, 5.41) is 8.56. The second-order valence-electron chi connectivity index (χ2n) is 1.89. The molecule has 0 aromatic carbocycles. The van der Waals surface area contributed by atoms with Gasteiger partial charge in [-0.15, -0.1) is 4.72 Å². The quantitative estimate of drug-likeness (QED) is 0.560. The van der Waals surface area contributed by atoms with Gasteiger partial charge in [-0.05, 0) is 6.92 Å². The smallest absolute Gasteiger partial charge is 0.225 e. The molecule has 1 atom stereocenters. The predicted molar refractivity (Wildman–Crippen MR) is 33.5 cm³/mol. The van der Waals surface area contributed by atoms with Crippen molar-refractivity contribution in [2.45, 2.75) is 13.0 Å². The lowest BCUT2D eigenvalue weighted by Crippen LogP contribution is -2.22. The van der Waals surface area contributed by atoms with Crippen molar-refractivity contribution in [3.05, 3.63) is 0 Å². The second kappa shape index (κ2) is 3.14. The zero-order chi connectivity index (χ0) is 7.49. The lowest BCUT2D eigenvalue weighted by Gasteiger charge is -2.00. The van der Waals surface area contributed by atoms with Crippen LogP contribution < -0.4 is 4.72 Å². The fourth-order valence-corrected chi connectivity index (χ4v) is 0.730. The third-order valence-electron chi connectivity index (χ3n) is 0.573. The molecule has 0 aliphatic rings. The summed E-state index contributed by atoms with van der Waals surface area (Å²) in [5.41, 5.74) is 0. The molecule has 1 N–H and O–H groups in total. The van der Waals surface area contributed by atoms with Crippen LogP contribution in [0.1, 0.15) is 6.92 Å². The summed E-state index contributed by atoms with van der Waals surface area (Å²) in [5.74, 6) is 0. The zero-order valence-electron chi connectivity index (χ0n) is 5.40. The first-order chi connectivity index (χ1) is 3.92. The molecule has 0 aliphatic carbocycles. The Labute approximate surface area is 54.9 Å². The normalized spacial score (nSPS) is 15.4. The molecule has 9 heavy (non-hydrogen) atoms. The monoisotopic (exact) mass is 152 g/mol. The highest BCUT2D eigenvalue weighted by atomic mass is 32.2. The van der Waals surface area contributed by atoms with Crippen LogP contribution in [0.3, 0.4) is 0 Å². The van der Waals surface area contributed by atoms with Crippen molar-refractivity contribution in [1.82, 2.24) is 4.72 Å². The molecule has 0 saturated carbocycles. The van der Waals surface area contributed by atoms with E-state index in [-0.39, 0.29) is 6.54 Å². The molecule has 0 rings (SSSR count). The van der Waals surface area contributed by atoms with Crippen molar-refractivity contribution in [3.63, 3.8) is 0 Å². The first-order valence-corrected chi connectivity index (χ1v) is 4.33. The predicted octanol–water partition coefficient (Wildman–Crippen LogP) is -1.07. The lowest BCUT2D eigenvalue weighted by atomic mass is 10.4. The Morgan fingerprint density at radius 2 is 2.11 bits per heavy atom. The van der Waals surface area contributed by atoms with E-state index in [0.717, 1.165) is 6.26 Å². The van der Waals surface area contributed by atoms with Crippen molar-refractivity contribution < 1.29 is 13.5 Å². The van der Waals surface area contributed by atoms with E-state index in [9.17, 15) is 8.42 Å². The number of aliphatic hydroxyl groups excluding tert-OH is 1. The van der Waals surface area contributed by atoms with Gasteiger partial charge in [0.25, 0.3) is 0 Å². The molecule has 0 aliphatic heterocycles. The van der Waals surface area contributed by atoms with Crippen molar-refractivity contribution >= 4 is 10.0 Å². The van der Waals surface area contributed by atoms with Gasteiger partial charge in [0.1, 0.15) is 0 Å². The third kappa shape index (κ3) is 7.87. The maximum atomic E-state index is 10.3. The van der Waals surface area contributed by atoms with Gasteiger partial charge in [-0.3, -0.25) is 0 Å². The van der Waals surface area contributed by atoms with Gasteiger partial charge in [0, 0.05) is 0 Å². The molecule has 0 saturated heterocycles. The fourth-order valence-electron chi connectivity index (χ4n) is 0.243. The fraction of sp³-hybridized carbons (Fsp3) is 1.00. The van der Waals surface area contributed by atoms with Crippen molar-refractivity contribution in [2.75, 3.05) is 12.8 Å². The van der Waals surface area contributed by atoms with Gasteiger partial charge in [0.05, 0.1) is 18.9 Å². The highest BCUT2D eigenvalue weighted by Crippen LogP contribution is 1.81. The summed E-state index contributed by atoms with van der Waals surface area (Å²) in [6.45, 7) is 1.44. The van der Waals surface area contributed by atoms with E-state index in [2.05, 4.69) is 4.72 Å². The first kappa shape index (κ1) is 8.87. The van der Waals surface area contributed by atoms with Crippen molar-refractivity contribution in [2.24, 2.45) is 0 Å². The molecule has 5 heteroatoms. The maximum absolute atomic E-state index is 10.3. The Morgan fingerprint density at radius 3 is 2.22 bits per heavy atom. The molecule has 0 aromatic rings. The number of hydrogen-bond donors (Lipinski definition) is 1. The molecule has 1 radical (unpaired) electrons. The van der Waals surface area contributed by atoms with Crippen LogP contribution in [0, 0.1) is 0 Å². The van der Waals surface area contributed by atoms with E-state index in [1.165, 1.54) is 6.92 Å². The van der Waals surface area contributed by atoms with Crippen LogP contribution in [0.4, 0.5) is 0 Å². The number of aliphatic hydroxyl groups is 1. The van der Waals surface area contributed by atoms with Crippen LogP contribution in [0.2, 0.25) is 0 Å². The van der Waals surface area contributed by atoms with Crippen LogP contribution in [-0.2, 0) is 10.0 Å². The number of sulfonamides is 1.